The van der Waals surface area contributed by atoms with Crippen molar-refractivity contribution in [3.05, 3.63) is 23.2 Å². The Kier molecular flexibility index (Phi) is 5.43. The van der Waals surface area contributed by atoms with Gasteiger partial charge in [-0.25, -0.2) is 0 Å². The van der Waals surface area contributed by atoms with Gasteiger partial charge in [-0.1, -0.05) is 0 Å². The lowest BCUT2D eigenvalue weighted by Crippen LogP contribution is -2.34. The van der Waals surface area contributed by atoms with Gasteiger partial charge in [0.2, 0.25) is 0 Å². The molecule has 0 aliphatic carbocycles. The summed E-state index contributed by atoms with van der Waals surface area (Å²) in [6.45, 7) is 7.06. The Morgan fingerprint density at radius 2 is 2.16 bits per heavy atom. The minimum absolute atomic E-state index is 0.736. The fourth-order valence-electron chi connectivity index (χ4n) is 2.77. The number of nitrogens with zero attached hydrogens (tertiary/aromatic N) is 1. The molecule has 1 aromatic heterocycles. The zero-order valence-electron chi connectivity index (χ0n) is 12.4. The molecule has 0 atom stereocenters. The van der Waals surface area contributed by atoms with Gasteiger partial charge in [-0.3, -0.25) is 4.90 Å². The van der Waals surface area contributed by atoms with Gasteiger partial charge in [0.05, 0.1) is 13.1 Å². The number of likely N-dealkylation sites (tertiary alicyclic amines) is 1. The Balaban J connectivity index is 1.83. The van der Waals surface area contributed by atoms with Crippen LogP contribution in [-0.4, -0.2) is 38.8 Å². The fraction of sp³-hybridized carbons (Fsp3) is 0.733. The molecule has 4 nitrogen and oxygen atoms in total. The maximum atomic E-state index is 5.90. The standard InChI is InChI=1S/C15H26N2O2/c1-12-8-14(19-15(12)9-16-2)10-17-6-4-13(5-7-17)11-18-3/h8,13,16H,4-7,9-11H2,1-3H3. The van der Waals surface area contributed by atoms with Crippen LogP contribution in [0.3, 0.4) is 0 Å². The first-order chi connectivity index (χ1) is 9.22. The van der Waals surface area contributed by atoms with Gasteiger partial charge in [-0.15, -0.1) is 0 Å². The number of hydrogen-bond donors (Lipinski definition) is 1. The van der Waals surface area contributed by atoms with Crippen molar-refractivity contribution in [3.8, 4) is 0 Å². The van der Waals surface area contributed by atoms with Crippen molar-refractivity contribution in [2.45, 2.75) is 32.9 Å². The molecule has 0 bridgehead atoms. The predicted molar refractivity (Wildman–Crippen MR) is 76.1 cm³/mol. The molecule has 0 unspecified atom stereocenters. The number of furan rings is 1. The van der Waals surface area contributed by atoms with Crippen LogP contribution in [0, 0.1) is 12.8 Å². The highest BCUT2D eigenvalue weighted by atomic mass is 16.5. The average molecular weight is 266 g/mol. The highest BCUT2D eigenvalue weighted by molar-refractivity contribution is 5.20. The maximum Gasteiger partial charge on any atom is 0.120 e. The molecule has 0 saturated carbocycles. The Labute approximate surface area is 116 Å². The van der Waals surface area contributed by atoms with Crippen LogP contribution in [-0.2, 0) is 17.8 Å². The lowest BCUT2D eigenvalue weighted by atomic mass is 9.98. The van der Waals surface area contributed by atoms with E-state index < -0.39 is 0 Å². The number of methoxy groups -OCH3 is 1. The molecule has 0 amide bonds. The van der Waals surface area contributed by atoms with Crippen molar-refractivity contribution >= 4 is 0 Å². The van der Waals surface area contributed by atoms with Crippen molar-refractivity contribution in [2.24, 2.45) is 5.92 Å². The molecule has 2 rings (SSSR count). The van der Waals surface area contributed by atoms with Gasteiger partial charge in [0.1, 0.15) is 11.5 Å². The average Bonchev–Trinajstić information content (AvgIpc) is 2.73. The smallest absolute Gasteiger partial charge is 0.120 e. The molecule has 0 aromatic carbocycles. The summed E-state index contributed by atoms with van der Waals surface area (Å²) >= 11 is 0. The van der Waals surface area contributed by atoms with Gasteiger partial charge < -0.3 is 14.5 Å². The summed E-state index contributed by atoms with van der Waals surface area (Å²) in [5.74, 6) is 2.89. The van der Waals surface area contributed by atoms with Crippen molar-refractivity contribution in [1.29, 1.82) is 0 Å². The monoisotopic (exact) mass is 266 g/mol. The first kappa shape index (κ1) is 14.6. The summed E-state index contributed by atoms with van der Waals surface area (Å²) < 4.78 is 11.1. The Morgan fingerprint density at radius 1 is 1.42 bits per heavy atom. The van der Waals surface area contributed by atoms with Gasteiger partial charge in [0.25, 0.3) is 0 Å². The Morgan fingerprint density at radius 3 is 2.79 bits per heavy atom. The van der Waals surface area contributed by atoms with Gasteiger partial charge in [0, 0.05) is 13.7 Å². The second kappa shape index (κ2) is 7.08. The molecule has 1 fully saturated rings. The highest BCUT2D eigenvalue weighted by Gasteiger charge is 2.20. The molecule has 1 aromatic rings. The van der Waals surface area contributed by atoms with E-state index in [0.717, 1.165) is 50.2 Å². The molecule has 1 aliphatic heterocycles. The second-order valence-corrected chi connectivity index (χ2v) is 5.52. The van der Waals surface area contributed by atoms with Crippen LogP contribution in [0.5, 0.6) is 0 Å². The number of aryl methyl sites for hydroxylation is 1. The first-order valence-corrected chi connectivity index (χ1v) is 7.17. The van der Waals surface area contributed by atoms with Gasteiger partial charge >= 0.3 is 0 Å². The first-order valence-electron chi connectivity index (χ1n) is 7.17. The number of rotatable bonds is 6. The van der Waals surface area contributed by atoms with E-state index in [1.807, 2.05) is 7.05 Å². The maximum absolute atomic E-state index is 5.90. The van der Waals surface area contributed by atoms with E-state index in [9.17, 15) is 0 Å². The summed E-state index contributed by atoms with van der Waals surface area (Å²) in [4.78, 5) is 2.48. The molecule has 1 N–H and O–H groups in total. The molecule has 1 aliphatic rings. The highest BCUT2D eigenvalue weighted by Crippen LogP contribution is 2.21. The van der Waals surface area contributed by atoms with E-state index in [0.29, 0.717) is 0 Å². The number of nitrogens with one attached hydrogen (secondary N) is 1. The topological polar surface area (TPSA) is 37.6 Å². The number of hydrogen-bond acceptors (Lipinski definition) is 4. The zero-order chi connectivity index (χ0) is 13.7. The Bertz CT molecular complexity index is 381. The SMILES string of the molecule is CNCc1oc(CN2CCC(COC)CC2)cc1C. The third-order valence-corrected chi connectivity index (χ3v) is 3.90. The molecule has 19 heavy (non-hydrogen) atoms. The zero-order valence-corrected chi connectivity index (χ0v) is 12.4. The van der Waals surface area contributed by atoms with E-state index in [4.69, 9.17) is 9.15 Å². The van der Waals surface area contributed by atoms with Crippen LogP contribution in [0.2, 0.25) is 0 Å². The van der Waals surface area contributed by atoms with Crippen molar-refractivity contribution in [1.82, 2.24) is 10.2 Å². The largest absolute Gasteiger partial charge is 0.463 e. The minimum Gasteiger partial charge on any atom is -0.463 e. The number of piperidine rings is 1. The predicted octanol–water partition coefficient (Wildman–Crippen LogP) is 2.17. The van der Waals surface area contributed by atoms with Crippen molar-refractivity contribution in [2.75, 3.05) is 33.9 Å². The molecule has 108 valence electrons. The third-order valence-electron chi connectivity index (χ3n) is 3.90. The van der Waals surface area contributed by atoms with Gasteiger partial charge in [-0.2, -0.15) is 0 Å². The van der Waals surface area contributed by atoms with Crippen LogP contribution in [0.15, 0.2) is 10.5 Å². The summed E-state index contributed by atoms with van der Waals surface area (Å²) in [5, 5.41) is 3.14. The third kappa shape index (κ3) is 4.06. The minimum atomic E-state index is 0.736. The summed E-state index contributed by atoms with van der Waals surface area (Å²) in [7, 11) is 3.74. The normalized spacial score (nSPS) is 18.1. The fourth-order valence-corrected chi connectivity index (χ4v) is 2.77. The molecule has 0 spiro atoms. The van der Waals surface area contributed by atoms with Crippen molar-refractivity contribution < 1.29 is 9.15 Å². The van der Waals surface area contributed by atoms with E-state index in [-0.39, 0.29) is 0 Å². The quantitative estimate of drug-likeness (QED) is 0.856. The van der Waals surface area contributed by atoms with E-state index in [1.165, 1.54) is 18.4 Å². The molecule has 1 saturated heterocycles. The Hall–Kier alpha value is -0.840. The molecule has 2 heterocycles. The van der Waals surface area contributed by atoms with Crippen molar-refractivity contribution in [3.63, 3.8) is 0 Å². The van der Waals surface area contributed by atoms with Gasteiger partial charge in [0.15, 0.2) is 0 Å². The van der Waals surface area contributed by atoms with Crippen LogP contribution < -0.4 is 5.32 Å². The summed E-state index contributed by atoms with van der Waals surface area (Å²) in [6.07, 6.45) is 2.47. The summed E-state index contributed by atoms with van der Waals surface area (Å²) in [5.41, 5.74) is 1.25. The molecular formula is C15H26N2O2. The van der Waals surface area contributed by atoms with Crippen LogP contribution in [0.25, 0.3) is 0 Å². The second-order valence-electron chi connectivity index (χ2n) is 5.52. The van der Waals surface area contributed by atoms with Crippen LogP contribution >= 0.6 is 0 Å². The molecule has 4 heteroatoms. The molecule has 0 radical (unpaired) electrons. The molecular weight excluding hydrogens is 240 g/mol. The lowest BCUT2D eigenvalue weighted by Gasteiger charge is -2.30. The van der Waals surface area contributed by atoms with E-state index in [2.05, 4.69) is 23.2 Å². The lowest BCUT2D eigenvalue weighted by molar-refractivity contribution is 0.0937. The van der Waals surface area contributed by atoms with Crippen LogP contribution in [0.1, 0.15) is 29.9 Å². The number of ether oxygens (including phenoxy) is 1. The summed E-state index contributed by atoms with van der Waals surface area (Å²) in [6, 6.07) is 2.17. The van der Waals surface area contributed by atoms with E-state index >= 15 is 0 Å². The van der Waals surface area contributed by atoms with Crippen LogP contribution in [0.4, 0.5) is 0 Å². The van der Waals surface area contributed by atoms with Gasteiger partial charge in [-0.05, 0) is 57.5 Å². The van der Waals surface area contributed by atoms with E-state index in [1.54, 1.807) is 7.11 Å².